The van der Waals surface area contributed by atoms with E-state index in [1.807, 2.05) is 50.2 Å². The predicted octanol–water partition coefficient (Wildman–Crippen LogP) is 3.28. The third kappa shape index (κ3) is 4.43. The second-order valence-corrected chi connectivity index (χ2v) is 7.49. The van der Waals surface area contributed by atoms with Crippen LogP contribution in [0.2, 0.25) is 0 Å². The van der Waals surface area contributed by atoms with Gasteiger partial charge in [-0.05, 0) is 18.2 Å². The van der Waals surface area contributed by atoms with Crippen molar-refractivity contribution >= 4 is 27.5 Å². The maximum Gasteiger partial charge on any atom is 0.309 e. The average Bonchev–Trinajstić information content (AvgIpc) is 3.12. The van der Waals surface area contributed by atoms with Gasteiger partial charge in [-0.3, -0.25) is 14.5 Å². The molecule has 142 valence electrons. The Morgan fingerprint density at radius 2 is 2.07 bits per heavy atom. The van der Waals surface area contributed by atoms with Crippen LogP contribution in [0.1, 0.15) is 19.7 Å². The summed E-state index contributed by atoms with van der Waals surface area (Å²) < 4.78 is 4.79. The summed E-state index contributed by atoms with van der Waals surface area (Å²) in [6, 6.07) is 11.9. The topological polar surface area (TPSA) is 75.3 Å². The third-order valence-electron chi connectivity index (χ3n) is 4.47. The lowest BCUT2D eigenvalue weighted by molar-refractivity contribution is -0.145. The molecule has 0 radical (unpaired) electrons. The molecular formula is C20H23N3O3S. The lowest BCUT2D eigenvalue weighted by atomic mass is 10.1. The number of ether oxygens (including phenoxy) is 1. The first-order chi connectivity index (χ1) is 13.0. The van der Waals surface area contributed by atoms with Gasteiger partial charge < -0.3 is 9.72 Å². The van der Waals surface area contributed by atoms with Gasteiger partial charge in [0.2, 0.25) is 0 Å². The Morgan fingerprint density at radius 1 is 1.33 bits per heavy atom. The van der Waals surface area contributed by atoms with Crippen molar-refractivity contribution in [2.45, 2.75) is 20.4 Å². The highest BCUT2D eigenvalue weighted by molar-refractivity contribution is 7.21. The standard InChI is InChI=1S/C20H23N3O3S/c1-4-23(11-13(2)20(25)26-3)12-17-21-18(24)15-10-16(27-19(15)22-17)14-8-6-5-7-9-14/h5-10,13H,4,11-12H2,1-3H3,(H,21,22,24). The lowest BCUT2D eigenvalue weighted by Gasteiger charge is -2.22. The number of hydrogen-bond acceptors (Lipinski definition) is 6. The van der Waals surface area contributed by atoms with Gasteiger partial charge in [0.05, 0.1) is 25.0 Å². The number of thiophene rings is 1. The van der Waals surface area contributed by atoms with Crippen LogP contribution in [0.3, 0.4) is 0 Å². The highest BCUT2D eigenvalue weighted by Crippen LogP contribution is 2.30. The zero-order chi connectivity index (χ0) is 19.4. The van der Waals surface area contributed by atoms with Crippen LogP contribution in [-0.2, 0) is 16.1 Å². The number of hydrogen-bond donors (Lipinski definition) is 1. The molecular weight excluding hydrogens is 362 g/mol. The highest BCUT2D eigenvalue weighted by Gasteiger charge is 2.18. The number of rotatable bonds is 7. The highest BCUT2D eigenvalue weighted by atomic mass is 32.1. The minimum Gasteiger partial charge on any atom is -0.469 e. The molecule has 0 aliphatic carbocycles. The van der Waals surface area contributed by atoms with Crippen LogP contribution in [0.4, 0.5) is 0 Å². The fourth-order valence-electron chi connectivity index (χ4n) is 2.98. The molecule has 6 nitrogen and oxygen atoms in total. The summed E-state index contributed by atoms with van der Waals surface area (Å²) in [7, 11) is 1.39. The molecule has 2 aromatic heterocycles. The van der Waals surface area contributed by atoms with Gasteiger partial charge in [0.15, 0.2) is 0 Å². The zero-order valence-corrected chi connectivity index (χ0v) is 16.5. The van der Waals surface area contributed by atoms with E-state index in [4.69, 9.17) is 4.74 Å². The number of carbonyl (C=O) groups excluding carboxylic acids is 1. The summed E-state index contributed by atoms with van der Waals surface area (Å²) in [5, 5.41) is 0.605. The predicted molar refractivity (Wildman–Crippen MR) is 108 cm³/mol. The molecule has 1 aromatic carbocycles. The van der Waals surface area contributed by atoms with E-state index in [-0.39, 0.29) is 17.4 Å². The van der Waals surface area contributed by atoms with Crippen molar-refractivity contribution < 1.29 is 9.53 Å². The number of benzene rings is 1. The molecule has 0 bridgehead atoms. The number of aromatic nitrogens is 2. The number of nitrogens with zero attached hydrogens (tertiary/aromatic N) is 2. The minimum absolute atomic E-state index is 0.134. The van der Waals surface area contributed by atoms with Gasteiger partial charge in [-0.25, -0.2) is 4.98 Å². The minimum atomic E-state index is -0.240. The van der Waals surface area contributed by atoms with Crippen molar-refractivity contribution in [3.05, 3.63) is 52.6 Å². The van der Waals surface area contributed by atoms with E-state index in [1.165, 1.54) is 18.4 Å². The summed E-state index contributed by atoms with van der Waals surface area (Å²) in [6.45, 7) is 5.60. The van der Waals surface area contributed by atoms with Crippen molar-refractivity contribution in [2.24, 2.45) is 5.92 Å². The molecule has 1 atom stereocenters. The molecule has 3 aromatic rings. The van der Waals surface area contributed by atoms with Gasteiger partial charge in [0.25, 0.3) is 5.56 Å². The molecule has 0 aliphatic rings. The first-order valence-electron chi connectivity index (χ1n) is 8.90. The SMILES string of the molecule is CCN(Cc1nc2sc(-c3ccccc3)cc2c(=O)[nH]1)CC(C)C(=O)OC. The van der Waals surface area contributed by atoms with Gasteiger partial charge in [0, 0.05) is 11.4 Å². The Balaban J connectivity index is 1.85. The van der Waals surface area contributed by atoms with Gasteiger partial charge in [-0.2, -0.15) is 0 Å². The number of methoxy groups -OCH3 is 1. The number of esters is 1. The number of H-pyrrole nitrogens is 1. The van der Waals surface area contributed by atoms with Crippen molar-refractivity contribution in [3.8, 4) is 10.4 Å². The molecule has 2 heterocycles. The maximum absolute atomic E-state index is 12.5. The summed E-state index contributed by atoms with van der Waals surface area (Å²) in [4.78, 5) is 35.5. The van der Waals surface area contributed by atoms with Crippen molar-refractivity contribution in [1.82, 2.24) is 14.9 Å². The van der Waals surface area contributed by atoms with Gasteiger partial charge in [0.1, 0.15) is 10.7 Å². The van der Waals surface area contributed by atoms with Crippen LogP contribution in [0.25, 0.3) is 20.7 Å². The Bertz CT molecular complexity index is 981. The zero-order valence-electron chi connectivity index (χ0n) is 15.7. The van der Waals surface area contributed by atoms with Crippen LogP contribution in [0, 0.1) is 5.92 Å². The molecule has 0 saturated heterocycles. The van der Waals surface area contributed by atoms with E-state index in [1.54, 1.807) is 0 Å². The number of aromatic amines is 1. The average molecular weight is 385 g/mol. The quantitative estimate of drug-likeness (QED) is 0.632. The van der Waals surface area contributed by atoms with Crippen LogP contribution < -0.4 is 5.56 Å². The Labute approximate surface area is 161 Å². The molecule has 3 rings (SSSR count). The molecule has 7 heteroatoms. The molecule has 0 amide bonds. The van der Waals surface area contributed by atoms with Gasteiger partial charge in [-0.15, -0.1) is 11.3 Å². The Kier molecular flexibility index (Phi) is 6.03. The maximum atomic E-state index is 12.5. The largest absolute Gasteiger partial charge is 0.469 e. The fourth-order valence-corrected chi connectivity index (χ4v) is 4.03. The van der Waals surface area contributed by atoms with Crippen molar-refractivity contribution in [2.75, 3.05) is 20.2 Å². The third-order valence-corrected chi connectivity index (χ3v) is 5.54. The summed E-state index contributed by atoms with van der Waals surface area (Å²) >= 11 is 1.51. The number of carbonyl (C=O) groups is 1. The molecule has 0 spiro atoms. The second kappa shape index (κ2) is 8.45. The van der Waals surface area contributed by atoms with Gasteiger partial charge >= 0.3 is 5.97 Å². The molecule has 0 fully saturated rings. The second-order valence-electron chi connectivity index (χ2n) is 6.46. The summed E-state index contributed by atoms with van der Waals surface area (Å²) in [6.07, 6.45) is 0. The van der Waals surface area contributed by atoms with Crippen molar-refractivity contribution in [1.29, 1.82) is 0 Å². The van der Waals surface area contributed by atoms with Gasteiger partial charge in [-0.1, -0.05) is 44.2 Å². The van der Waals surface area contributed by atoms with E-state index in [0.717, 1.165) is 21.8 Å². The molecule has 1 N–H and O–H groups in total. The molecule has 0 aliphatic heterocycles. The van der Waals surface area contributed by atoms with E-state index in [9.17, 15) is 9.59 Å². The van der Waals surface area contributed by atoms with E-state index < -0.39 is 0 Å². The fraction of sp³-hybridized carbons (Fsp3) is 0.350. The molecule has 0 saturated carbocycles. The lowest BCUT2D eigenvalue weighted by Crippen LogP contribution is -2.33. The Morgan fingerprint density at radius 3 is 2.74 bits per heavy atom. The van der Waals surface area contributed by atoms with Crippen LogP contribution in [0.5, 0.6) is 0 Å². The first-order valence-corrected chi connectivity index (χ1v) is 9.71. The number of nitrogens with one attached hydrogen (secondary N) is 1. The Hall–Kier alpha value is -2.51. The molecule has 1 unspecified atom stereocenters. The van der Waals surface area contributed by atoms with Crippen LogP contribution >= 0.6 is 11.3 Å². The van der Waals surface area contributed by atoms with E-state index in [2.05, 4.69) is 14.9 Å². The smallest absolute Gasteiger partial charge is 0.309 e. The van der Waals surface area contributed by atoms with E-state index in [0.29, 0.717) is 24.3 Å². The summed E-state index contributed by atoms with van der Waals surface area (Å²) in [5.41, 5.74) is 0.939. The van der Waals surface area contributed by atoms with Crippen molar-refractivity contribution in [3.63, 3.8) is 0 Å². The first kappa shape index (κ1) is 19.3. The monoisotopic (exact) mass is 385 g/mol. The van der Waals surface area contributed by atoms with Crippen LogP contribution in [-0.4, -0.2) is 41.0 Å². The van der Waals surface area contributed by atoms with E-state index >= 15 is 0 Å². The summed E-state index contributed by atoms with van der Waals surface area (Å²) in [5.74, 6) is 0.126. The number of fused-ring (bicyclic) bond motifs is 1. The van der Waals surface area contributed by atoms with Crippen LogP contribution in [0.15, 0.2) is 41.2 Å². The molecule has 27 heavy (non-hydrogen) atoms. The normalized spacial score (nSPS) is 12.4.